The summed E-state index contributed by atoms with van der Waals surface area (Å²) in [6.07, 6.45) is 3.78. The molecule has 1 fully saturated rings. The van der Waals surface area contributed by atoms with Gasteiger partial charge in [0, 0.05) is 35.8 Å². The number of likely N-dealkylation sites (tertiary alicyclic amines) is 1. The highest BCUT2D eigenvalue weighted by atomic mass is 32.1. The van der Waals surface area contributed by atoms with Crippen molar-refractivity contribution in [3.8, 4) is 5.75 Å². The van der Waals surface area contributed by atoms with E-state index in [1.807, 2.05) is 42.3 Å². The molecule has 0 spiro atoms. The summed E-state index contributed by atoms with van der Waals surface area (Å²) in [6, 6.07) is 7.79. The zero-order valence-corrected chi connectivity index (χ0v) is 14.9. The normalized spacial score (nSPS) is 15.3. The lowest BCUT2D eigenvalue weighted by atomic mass is 10.0. The number of anilines is 1. The highest BCUT2D eigenvalue weighted by molar-refractivity contribution is 7.15. The largest absolute Gasteiger partial charge is 0.494 e. The van der Waals surface area contributed by atoms with Gasteiger partial charge < -0.3 is 15.0 Å². The second-order valence-electron chi connectivity index (χ2n) is 5.94. The lowest BCUT2D eigenvalue weighted by molar-refractivity contribution is 0.0718. The minimum Gasteiger partial charge on any atom is -0.494 e. The van der Waals surface area contributed by atoms with Gasteiger partial charge in [-0.15, -0.1) is 11.3 Å². The number of aryl methyl sites for hydroxylation is 1. The fourth-order valence-electron chi connectivity index (χ4n) is 2.87. The minimum atomic E-state index is 0.0987. The van der Waals surface area contributed by atoms with Crippen LogP contribution in [0.5, 0.6) is 5.75 Å². The highest BCUT2D eigenvalue weighted by Gasteiger charge is 2.24. The van der Waals surface area contributed by atoms with Gasteiger partial charge in [-0.05, 0) is 51.0 Å². The van der Waals surface area contributed by atoms with Gasteiger partial charge in [-0.2, -0.15) is 0 Å². The molecule has 0 unspecified atom stereocenters. The van der Waals surface area contributed by atoms with Gasteiger partial charge >= 0.3 is 0 Å². The maximum atomic E-state index is 12.6. The van der Waals surface area contributed by atoms with Crippen LogP contribution < -0.4 is 10.1 Å². The second kappa shape index (κ2) is 7.66. The topological polar surface area (TPSA) is 54.5 Å². The van der Waals surface area contributed by atoms with Gasteiger partial charge in [-0.3, -0.25) is 4.79 Å². The quantitative estimate of drug-likeness (QED) is 0.900. The average molecular weight is 345 g/mol. The Morgan fingerprint density at radius 3 is 2.62 bits per heavy atom. The SMILES string of the molecule is CCOc1ccc(C(=O)N2CCC(Nc3ncc(C)s3)CC2)cc1. The molecule has 3 rings (SSSR count). The summed E-state index contributed by atoms with van der Waals surface area (Å²) in [4.78, 5) is 20.1. The Hall–Kier alpha value is -2.08. The van der Waals surface area contributed by atoms with E-state index in [0.717, 1.165) is 42.4 Å². The number of aromatic nitrogens is 1. The van der Waals surface area contributed by atoms with Crippen LogP contribution in [0.2, 0.25) is 0 Å². The molecule has 1 aliphatic rings. The number of piperidine rings is 1. The Kier molecular flexibility index (Phi) is 5.35. The predicted octanol–water partition coefficient (Wildman–Crippen LogP) is 3.57. The number of benzene rings is 1. The van der Waals surface area contributed by atoms with Crippen molar-refractivity contribution in [1.82, 2.24) is 9.88 Å². The number of hydrogen-bond acceptors (Lipinski definition) is 5. The third kappa shape index (κ3) is 4.06. The highest BCUT2D eigenvalue weighted by Crippen LogP contribution is 2.22. The fraction of sp³-hybridized carbons (Fsp3) is 0.444. The Labute approximate surface area is 146 Å². The average Bonchev–Trinajstić information content (AvgIpc) is 3.01. The molecule has 0 radical (unpaired) electrons. The number of ether oxygens (including phenoxy) is 1. The summed E-state index contributed by atoms with van der Waals surface area (Å²) >= 11 is 1.68. The van der Waals surface area contributed by atoms with E-state index in [4.69, 9.17) is 4.74 Å². The number of nitrogens with zero attached hydrogens (tertiary/aromatic N) is 2. The lowest BCUT2D eigenvalue weighted by Crippen LogP contribution is -2.42. The number of thiazole rings is 1. The van der Waals surface area contributed by atoms with Crippen LogP contribution in [-0.2, 0) is 0 Å². The first-order valence-corrected chi connectivity index (χ1v) is 9.18. The minimum absolute atomic E-state index is 0.0987. The first-order chi connectivity index (χ1) is 11.7. The number of rotatable bonds is 5. The molecule has 5 nitrogen and oxygen atoms in total. The number of nitrogens with one attached hydrogen (secondary N) is 1. The van der Waals surface area contributed by atoms with Gasteiger partial charge in [0.15, 0.2) is 5.13 Å². The number of carbonyl (C=O) groups is 1. The Morgan fingerprint density at radius 1 is 1.33 bits per heavy atom. The first-order valence-electron chi connectivity index (χ1n) is 8.37. The summed E-state index contributed by atoms with van der Waals surface area (Å²) in [5, 5.41) is 4.45. The summed E-state index contributed by atoms with van der Waals surface area (Å²) in [6.45, 7) is 6.18. The monoisotopic (exact) mass is 345 g/mol. The number of hydrogen-bond donors (Lipinski definition) is 1. The molecule has 0 atom stereocenters. The Bertz CT molecular complexity index is 676. The van der Waals surface area contributed by atoms with Crippen LogP contribution in [0, 0.1) is 6.92 Å². The van der Waals surface area contributed by atoms with Gasteiger partial charge in [-0.1, -0.05) is 0 Å². The van der Waals surface area contributed by atoms with E-state index in [1.54, 1.807) is 11.3 Å². The van der Waals surface area contributed by atoms with E-state index in [9.17, 15) is 4.79 Å². The molecule has 0 aliphatic carbocycles. The molecule has 1 aromatic carbocycles. The van der Waals surface area contributed by atoms with Crippen molar-refractivity contribution in [2.75, 3.05) is 25.0 Å². The van der Waals surface area contributed by atoms with Crippen molar-refractivity contribution < 1.29 is 9.53 Å². The van der Waals surface area contributed by atoms with Crippen LogP contribution in [0.15, 0.2) is 30.5 Å². The van der Waals surface area contributed by atoms with E-state index in [-0.39, 0.29) is 5.91 Å². The molecule has 0 saturated carbocycles. The predicted molar refractivity (Wildman–Crippen MR) is 97.0 cm³/mol. The van der Waals surface area contributed by atoms with Crippen LogP contribution in [-0.4, -0.2) is 41.5 Å². The van der Waals surface area contributed by atoms with Gasteiger partial charge in [0.25, 0.3) is 5.91 Å². The molecular weight excluding hydrogens is 322 g/mol. The number of amides is 1. The van der Waals surface area contributed by atoms with E-state index in [1.165, 1.54) is 4.88 Å². The maximum Gasteiger partial charge on any atom is 0.253 e. The summed E-state index contributed by atoms with van der Waals surface area (Å²) in [7, 11) is 0. The van der Waals surface area contributed by atoms with E-state index >= 15 is 0 Å². The van der Waals surface area contributed by atoms with E-state index < -0.39 is 0 Å². The fourth-order valence-corrected chi connectivity index (χ4v) is 3.61. The van der Waals surface area contributed by atoms with Crippen LogP contribution in [0.3, 0.4) is 0 Å². The van der Waals surface area contributed by atoms with Crippen molar-refractivity contribution in [3.05, 3.63) is 40.9 Å². The molecule has 128 valence electrons. The van der Waals surface area contributed by atoms with Gasteiger partial charge in [0.2, 0.25) is 0 Å². The van der Waals surface area contributed by atoms with Crippen LogP contribution in [0.1, 0.15) is 35.0 Å². The number of carbonyl (C=O) groups excluding carboxylic acids is 1. The lowest BCUT2D eigenvalue weighted by Gasteiger charge is -2.32. The molecule has 2 heterocycles. The Balaban J connectivity index is 1.52. The van der Waals surface area contributed by atoms with Crippen molar-refractivity contribution in [2.24, 2.45) is 0 Å². The van der Waals surface area contributed by atoms with Crippen molar-refractivity contribution in [2.45, 2.75) is 32.7 Å². The van der Waals surface area contributed by atoms with Gasteiger partial charge in [0.1, 0.15) is 5.75 Å². The van der Waals surface area contributed by atoms with E-state index in [0.29, 0.717) is 12.6 Å². The third-order valence-corrected chi connectivity index (χ3v) is 4.99. The summed E-state index contributed by atoms with van der Waals surface area (Å²) in [5.74, 6) is 0.900. The zero-order chi connectivity index (χ0) is 16.9. The zero-order valence-electron chi connectivity index (χ0n) is 14.1. The maximum absolute atomic E-state index is 12.6. The molecule has 1 amide bonds. The second-order valence-corrected chi connectivity index (χ2v) is 7.18. The molecular formula is C18H23N3O2S. The van der Waals surface area contributed by atoms with Crippen LogP contribution >= 0.6 is 11.3 Å². The summed E-state index contributed by atoms with van der Waals surface area (Å²) < 4.78 is 5.42. The molecule has 24 heavy (non-hydrogen) atoms. The molecule has 1 aliphatic heterocycles. The van der Waals surface area contributed by atoms with Crippen molar-refractivity contribution in [3.63, 3.8) is 0 Å². The summed E-state index contributed by atoms with van der Waals surface area (Å²) in [5.41, 5.74) is 0.723. The molecule has 1 N–H and O–H groups in total. The molecule has 1 saturated heterocycles. The van der Waals surface area contributed by atoms with Gasteiger partial charge in [0.05, 0.1) is 6.61 Å². The molecule has 6 heteroatoms. The van der Waals surface area contributed by atoms with Crippen LogP contribution in [0.25, 0.3) is 0 Å². The standard InChI is InChI=1S/C18H23N3O2S/c1-3-23-16-6-4-14(5-7-16)17(22)21-10-8-15(9-11-21)20-18-19-12-13(2)24-18/h4-7,12,15H,3,8-11H2,1-2H3,(H,19,20). The molecule has 0 bridgehead atoms. The smallest absolute Gasteiger partial charge is 0.253 e. The molecule has 1 aromatic heterocycles. The van der Waals surface area contributed by atoms with E-state index in [2.05, 4.69) is 17.2 Å². The van der Waals surface area contributed by atoms with Gasteiger partial charge in [-0.25, -0.2) is 4.98 Å². The first kappa shape index (κ1) is 16.8. The van der Waals surface area contributed by atoms with Crippen molar-refractivity contribution in [1.29, 1.82) is 0 Å². The third-order valence-electron chi connectivity index (χ3n) is 4.14. The van der Waals surface area contributed by atoms with Crippen LogP contribution in [0.4, 0.5) is 5.13 Å². The Morgan fingerprint density at radius 2 is 2.04 bits per heavy atom. The van der Waals surface area contributed by atoms with Crippen molar-refractivity contribution >= 4 is 22.4 Å². The molecule has 2 aromatic rings.